The largest absolute Gasteiger partial charge is 0.411 e. The van der Waals surface area contributed by atoms with Crippen LogP contribution in [0.25, 0.3) is 0 Å². The molecule has 1 aromatic heterocycles. The predicted molar refractivity (Wildman–Crippen MR) is 65.6 cm³/mol. The quantitative estimate of drug-likeness (QED) is 0.646. The standard InChI is InChI=1S/C11H15N3O2S/c1-2-8-5-14(4-3-9(8)13-16)11(15)10-6-17-7-12-10/h6-8,16H,2-5H2,1H3. The van der Waals surface area contributed by atoms with Crippen LogP contribution in [0.2, 0.25) is 0 Å². The fraction of sp³-hybridized carbons (Fsp3) is 0.545. The molecule has 6 heteroatoms. The van der Waals surface area contributed by atoms with Crippen LogP contribution in [0.4, 0.5) is 0 Å². The third kappa shape index (κ3) is 2.46. The molecule has 1 N–H and O–H groups in total. The van der Waals surface area contributed by atoms with Crippen LogP contribution in [0.15, 0.2) is 16.0 Å². The first-order valence-electron chi connectivity index (χ1n) is 5.64. The highest BCUT2D eigenvalue weighted by Gasteiger charge is 2.28. The van der Waals surface area contributed by atoms with E-state index in [1.165, 1.54) is 11.3 Å². The Morgan fingerprint density at radius 3 is 3.18 bits per heavy atom. The zero-order valence-corrected chi connectivity index (χ0v) is 10.5. The Hall–Kier alpha value is -1.43. The van der Waals surface area contributed by atoms with Crippen molar-refractivity contribution in [2.24, 2.45) is 11.1 Å². The van der Waals surface area contributed by atoms with E-state index in [1.54, 1.807) is 15.8 Å². The lowest BCUT2D eigenvalue weighted by molar-refractivity contribution is 0.0724. The Morgan fingerprint density at radius 2 is 2.59 bits per heavy atom. The molecular weight excluding hydrogens is 238 g/mol. The highest BCUT2D eigenvalue weighted by molar-refractivity contribution is 7.07. The number of likely N-dealkylation sites (tertiary alicyclic amines) is 1. The second kappa shape index (κ2) is 5.27. The summed E-state index contributed by atoms with van der Waals surface area (Å²) in [5, 5.41) is 14.0. The minimum atomic E-state index is -0.0262. The second-order valence-corrected chi connectivity index (χ2v) is 4.79. The molecule has 0 radical (unpaired) electrons. The third-order valence-corrected chi connectivity index (χ3v) is 3.70. The fourth-order valence-electron chi connectivity index (χ4n) is 2.08. The normalized spacial score (nSPS) is 23.0. The molecule has 1 saturated heterocycles. The van der Waals surface area contributed by atoms with Crippen molar-refractivity contribution in [3.8, 4) is 0 Å². The summed E-state index contributed by atoms with van der Waals surface area (Å²) in [5.41, 5.74) is 2.97. The number of piperidine rings is 1. The monoisotopic (exact) mass is 253 g/mol. The Kier molecular flexibility index (Phi) is 3.73. The molecule has 0 bridgehead atoms. The molecule has 0 aromatic carbocycles. The van der Waals surface area contributed by atoms with Crippen LogP contribution in [0.1, 0.15) is 30.3 Å². The topological polar surface area (TPSA) is 65.8 Å². The number of carbonyl (C=O) groups excluding carboxylic acids is 1. The van der Waals surface area contributed by atoms with Crippen molar-refractivity contribution in [1.82, 2.24) is 9.88 Å². The molecule has 1 unspecified atom stereocenters. The predicted octanol–water partition coefficient (Wildman–Crippen LogP) is 1.85. The fourth-order valence-corrected chi connectivity index (χ4v) is 2.60. The molecule has 17 heavy (non-hydrogen) atoms. The molecule has 2 heterocycles. The molecule has 92 valence electrons. The molecule has 1 fully saturated rings. The number of nitrogens with zero attached hydrogens (tertiary/aromatic N) is 3. The van der Waals surface area contributed by atoms with Crippen LogP contribution in [-0.2, 0) is 0 Å². The van der Waals surface area contributed by atoms with Crippen LogP contribution >= 0.6 is 11.3 Å². The van der Waals surface area contributed by atoms with Crippen molar-refractivity contribution < 1.29 is 10.0 Å². The highest BCUT2D eigenvalue weighted by atomic mass is 32.1. The van der Waals surface area contributed by atoms with Gasteiger partial charge in [0.1, 0.15) is 5.69 Å². The second-order valence-electron chi connectivity index (χ2n) is 4.07. The number of carbonyl (C=O) groups is 1. The van der Waals surface area contributed by atoms with E-state index in [2.05, 4.69) is 10.1 Å². The number of hydrogen-bond acceptors (Lipinski definition) is 5. The lowest BCUT2D eigenvalue weighted by Crippen LogP contribution is -2.44. The molecule has 0 saturated carbocycles. The maximum atomic E-state index is 12.1. The van der Waals surface area contributed by atoms with Gasteiger partial charge in [0.15, 0.2) is 0 Å². The molecule has 0 spiro atoms. The molecule has 1 aliphatic heterocycles. The van der Waals surface area contributed by atoms with Gasteiger partial charge in [0, 0.05) is 30.8 Å². The van der Waals surface area contributed by atoms with Crippen molar-refractivity contribution in [2.75, 3.05) is 13.1 Å². The van der Waals surface area contributed by atoms with E-state index in [0.29, 0.717) is 25.2 Å². The summed E-state index contributed by atoms with van der Waals surface area (Å²) in [5.74, 6) is 0.137. The lowest BCUT2D eigenvalue weighted by atomic mass is 9.93. The van der Waals surface area contributed by atoms with Crippen LogP contribution in [0.3, 0.4) is 0 Å². The van der Waals surface area contributed by atoms with E-state index in [0.717, 1.165) is 12.1 Å². The Balaban J connectivity index is 2.07. The summed E-state index contributed by atoms with van der Waals surface area (Å²) in [6, 6.07) is 0. The minimum absolute atomic E-state index is 0.0262. The first-order valence-corrected chi connectivity index (χ1v) is 6.58. The van der Waals surface area contributed by atoms with E-state index in [9.17, 15) is 4.79 Å². The van der Waals surface area contributed by atoms with Gasteiger partial charge in [-0.1, -0.05) is 12.1 Å². The maximum absolute atomic E-state index is 12.1. The van der Waals surface area contributed by atoms with Crippen molar-refractivity contribution in [2.45, 2.75) is 19.8 Å². The molecule has 1 amide bonds. The van der Waals surface area contributed by atoms with Gasteiger partial charge in [-0.05, 0) is 6.42 Å². The van der Waals surface area contributed by atoms with E-state index in [1.807, 2.05) is 6.92 Å². The van der Waals surface area contributed by atoms with Gasteiger partial charge in [0.2, 0.25) is 0 Å². The van der Waals surface area contributed by atoms with Gasteiger partial charge in [-0.25, -0.2) is 4.98 Å². The van der Waals surface area contributed by atoms with Crippen LogP contribution in [0.5, 0.6) is 0 Å². The number of amides is 1. The average Bonchev–Trinajstić information content (AvgIpc) is 2.90. The number of thiazole rings is 1. The first-order chi connectivity index (χ1) is 8.26. The zero-order chi connectivity index (χ0) is 12.3. The lowest BCUT2D eigenvalue weighted by Gasteiger charge is -2.32. The Bertz CT molecular complexity index is 416. The van der Waals surface area contributed by atoms with Gasteiger partial charge in [0.25, 0.3) is 5.91 Å². The van der Waals surface area contributed by atoms with Gasteiger partial charge in [-0.15, -0.1) is 11.3 Å². The maximum Gasteiger partial charge on any atom is 0.273 e. The molecular formula is C11H15N3O2S. The van der Waals surface area contributed by atoms with Crippen molar-refractivity contribution in [3.05, 3.63) is 16.6 Å². The first kappa shape index (κ1) is 12.0. The third-order valence-electron chi connectivity index (χ3n) is 3.11. The Labute approximate surface area is 104 Å². The average molecular weight is 253 g/mol. The van der Waals surface area contributed by atoms with Crippen LogP contribution < -0.4 is 0 Å². The summed E-state index contributed by atoms with van der Waals surface area (Å²) < 4.78 is 0. The van der Waals surface area contributed by atoms with E-state index >= 15 is 0 Å². The molecule has 0 aliphatic carbocycles. The molecule has 1 aromatic rings. The molecule has 2 rings (SSSR count). The summed E-state index contributed by atoms with van der Waals surface area (Å²) in [7, 11) is 0. The summed E-state index contributed by atoms with van der Waals surface area (Å²) >= 11 is 1.42. The van der Waals surface area contributed by atoms with Crippen molar-refractivity contribution >= 4 is 23.0 Å². The van der Waals surface area contributed by atoms with Crippen LogP contribution in [0, 0.1) is 5.92 Å². The number of rotatable bonds is 2. The van der Waals surface area contributed by atoms with E-state index in [-0.39, 0.29) is 11.8 Å². The smallest absolute Gasteiger partial charge is 0.273 e. The van der Waals surface area contributed by atoms with Crippen LogP contribution in [-0.4, -0.2) is 39.8 Å². The van der Waals surface area contributed by atoms with Gasteiger partial charge in [0.05, 0.1) is 11.2 Å². The zero-order valence-electron chi connectivity index (χ0n) is 9.67. The Morgan fingerprint density at radius 1 is 1.76 bits per heavy atom. The van der Waals surface area contributed by atoms with E-state index < -0.39 is 0 Å². The number of oxime groups is 1. The summed E-state index contributed by atoms with van der Waals surface area (Å²) in [4.78, 5) is 17.9. The van der Waals surface area contributed by atoms with Crippen molar-refractivity contribution in [3.63, 3.8) is 0 Å². The van der Waals surface area contributed by atoms with Crippen molar-refractivity contribution in [1.29, 1.82) is 0 Å². The molecule has 5 nitrogen and oxygen atoms in total. The molecule has 1 atom stereocenters. The SMILES string of the molecule is CCC1CN(C(=O)c2cscn2)CCC1=NO. The van der Waals surface area contributed by atoms with Gasteiger partial charge < -0.3 is 10.1 Å². The highest BCUT2D eigenvalue weighted by Crippen LogP contribution is 2.19. The molecule has 1 aliphatic rings. The summed E-state index contributed by atoms with van der Waals surface area (Å²) in [6.07, 6.45) is 1.52. The van der Waals surface area contributed by atoms with Gasteiger partial charge in [-0.3, -0.25) is 4.79 Å². The summed E-state index contributed by atoms with van der Waals surface area (Å²) in [6.45, 7) is 3.26. The van der Waals surface area contributed by atoms with E-state index in [4.69, 9.17) is 5.21 Å². The minimum Gasteiger partial charge on any atom is -0.411 e. The number of hydrogen-bond donors (Lipinski definition) is 1. The number of aromatic nitrogens is 1. The van der Waals surface area contributed by atoms with Gasteiger partial charge in [-0.2, -0.15) is 0 Å². The van der Waals surface area contributed by atoms with Gasteiger partial charge >= 0.3 is 0 Å².